The van der Waals surface area contributed by atoms with E-state index in [0.29, 0.717) is 22.6 Å². The predicted octanol–water partition coefficient (Wildman–Crippen LogP) is 5.76. The molecule has 0 saturated heterocycles. The van der Waals surface area contributed by atoms with Gasteiger partial charge in [0.25, 0.3) is 0 Å². The molecule has 1 saturated carbocycles. The smallest absolute Gasteiger partial charge is 0.333 e. The summed E-state index contributed by atoms with van der Waals surface area (Å²) >= 11 is 0. The largest absolute Gasteiger partial charge is 0.460 e. The zero-order valence-corrected chi connectivity index (χ0v) is 19.6. The molecule has 1 aliphatic carbocycles. The summed E-state index contributed by atoms with van der Waals surface area (Å²) in [7, 11) is 0. The van der Waals surface area contributed by atoms with Gasteiger partial charge in [-0.15, -0.1) is 0 Å². The molecule has 0 aliphatic heterocycles. The average Bonchev–Trinajstić information content (AvgIpc) is 3.31. The number of carbonyl (C=O) groups excluding carboxylic acids is 2. The third-order valence-corrected chi connectivity index (χ3v) is 5.75. The molecule has 0 aromatic heterocycles. The summed E-state index contributed by atoms with van der Waals surface area (Å²) in [5, 5.41) is 9.67. The highest BCUT2D eigenvalue weighted by molar-refractivity contribution is 5.88. The molecule has 0 spiro atoms. The van der Waals surface area contributed by atoms with Crippen molar-refractivity contribution in [2.75, 3.05) is 0 Å². The van der Waals surface area contributed by atoms with Crippen molar-refractivity contribution < 1.29 is 23.8 Å². The molecule has 0 radical (unpaired) electrons. The minimum Gasteiger partial charge on any atom is -0.460 e. The highest BCUT2D eigenvalue weighted by Gasteiger charge is 2.62. The van der Waals surface area contributed by atoms with Gasteiger partial charge in [-0.1, -0.05) is 50.3 Å². The third-order valence-electron chi connectivity index (χ3n) is 5.75. The van der Waals surface area contributed by atoms with Crippen molar-refractivity contribution in [3.8, 4) is 17.6 Å². The number of rotatable bonds is 8. The van der Waals surface area contributed by atoms with Gasteiger partial charge in [-0.2, -0.15) is 5.26 Å². The Labute approximate surface area is 194 Å². The number of benzene rings is 2. The summed E-state index contributed by atoms with van der Waals surface area (Å²) in [6.45, 7) is 9.13. The molecule has 0 N–H and O–H groups in total. The lowest BCUT2D eigenvalue weighted by Gasteiger charge is -2.13. The molecular formula is C27H29NO5. The first-order valence-corrected chi connectivity index (χ1v) is 11.0. The molecular weight excluding hydrogens is 418 g/mol. The molecule has 2 aromatic carbocycles. The van der Waals surface area contributed by atoms with Gasteiger partial charge in [-0.25, -0.2) is 4.79 Å². The average molecular weight is 448 g/mol. The van der Waals surface area contributed by atoms with Gasteiger partial charge in [0.1, 0.15) is 17.6 Å². The third kappa shape index (κ3) is 5.81. The van der Waals surface area contributed by atoms with Crippen LogP contribution in [0, 0.1) is 28.6 Å². The summed E-state index contributed by atoms with van der Waals surface area (Å²) in [6.07, 6.45) is 0.489. The topological polar surface area (TPSA) is 85.6 Å². The van der Waals surface area contributed by atoms with E-state index in [0.717, 1.165) is 0 Å². The fourth-order valence-electron chi connectivity index (χ4n) is 3.81. The van der Waals surface area contributed by atoms with Crippen molar-refractivity contribution in [3.05, 3.63) is 71.8 Å². The molecule has 0 heterocycles. The summed E-state index contributed by atoms with van der Waals surface area (Å²) in [5.74, 6) is -0.268. The Kier molecular flexibility index (Phi) is 7.23. The van der Waals surface area contributed by atoms with Crippen LogP contribution in [-0.2, 0) is 19.1 Å². The predicted molar refractivity (Wildman–Crippen MR) is 123 cm³/mol. The van der Waals surface area contributed by atoms with Crippen molar-refractivity contribution in [2.24, 2.45) is 17.3 Å². The number of hydrogen-bond donors (Lipinski definition) is 0. The first-order valence-electron chi connectivity index (χ1n) is 11.0. The normalized spacial score (nSPS) is 19.8. The van der Waals surface area contributed by atoms with Gasteiger partial charge in [0.15, 0.2) is 0 Å². The molecule has 0 bridgehead atoms. The van der Waals surface area contributed by atoms with E-state index in [9.17, 15) is 14.9 Å². The Balaban J connectivity index is 1.69. The van der Waals surface area contributed by atoms with Gasteiger partial charge >= 0.3 is 11.9 Å². The Morgan fingerprint density at radius 3 is 2.33 bits per heavy atom. The van der Waals surface area contributed by atoms with Gasteiger partial charge < -0.3 is 14.2 Å². The van der Waals surface area contributed by atoms with Gasteiger partial charge in [-0.05, 0) is 56.4 Å². The van der Waals surface area contributed by atoms with Crippen LogP contribution >= 0.6 is 0 Å². The van der Waals surface area contributed by atoms with Crippen LogP contribution in [0.25, 0.3) is 0 Å². The molecule has 1 aliphatic rings. The van der Waals surface area contributed by atoms with E-state index >= 15 is 0 Å². The highest BCUT2D eigenvalue weighted by atomic mass is 16.5. The zero-order chi connectivity index (χ0) is 24.2. The van der Waals surface area contributed by atoms with Crippen LogP contribution in [0.2, 0.25) is 0 Å². The van der Waals surface area contributed by atoms with Gasteiger partial charge in [0.2, 0.25) is 6.10 Å². The van der Waals surface area contributed by atoms with Crippen LogP contribution in [0.3, 0.4) is 0 Å². The zero-order valence-electron chi connectivity index (χ0n) is 19.6. The van der Waals surface area contributed by atoms with Crippen molar-refractivity contribution >= 4 is 11.9 Å². The van der Waals surface area contributed by atoms with Crippen LogP contribution < -0.4 is 4.74 Å². The number of nitriles is 1. The first kappa shape index (κ1) is 24.1. The summed E-state index contributed by atoms with van der Waals surface area (Å²) in [4.78, 5) is 25.0. The summed E-state index contributed by atoms with van der Waals surface area (Å²) in [5.41, 5.74) is 0.607. The molecule has 3 rings (SSSR count). The molecule has 2 aromatic rings. The van der Waals surface area contributed by atoms with E-state index in [4.69, 9.17) is 14.2 Å². The number of esters is 2. The molecule has 1 unspecified atom stereocenters. The van der Waals surface area contributed by atoms with Crippen LogP contribution in [0.1, 0.15) is 46.3 Å². The van der Waals surface area contributed by atoms with E-state index in [2.05, 4.69) is 6.07 Å². The maximum absolute atomic E-state index is 12.9. The van der Waals surface area contributed by atoms with Crippen molar-refractivity contribution in [1.82, 2.24) is 0 Å². The molecule has 33 heavy (non-hydrogen) atoms. The highest BCUT2D eigenvalue weighted by Crippen LogP contribution is 2.60. The van der Waals surface area contributed by atoms with E-state index in [-0.39, 0.29) is 17.4 Å². The molecule has 3 atom stereocenters. The SMILES string of the molecule is C/C(=C\[C@@H]1[C@@H](C(=O)OC(C#N)c2cccc(Oc3ccccc3)c2)C1(C)C)C(=O)OC(C)C. The van der Waals surface area contributed by atoms with Gasteiger partial charge in [-0.3, -0.25) is 4.79 Å². The molecule has 1 fully saturated rings. The molecule has 6 heteroatoms. The van der Waals surface area contributed by atoms with E-state index in [1.807, 2.05) is 44.2 Å². The molecule has 6 nitrogen and oxygen atoms in total. The van der Waals surface area contributed by atoms with Gasteiger partial charge in [0.05, 0.1) is 12.0 Å². The maximum atomic E-state index is 12.9. The van der Waals surface area contributed by atoms with Crippen molar-refractivity contribution in [1.29, 1.82) is 5.26 Å². The Morgan fingerprint density at radius 1 is 1.03 bits per heavy atom. The lowest BCUT2D eigenvalue weighted by molar-refractivity contribution is -0.149. The second-order valence-corrected chi connectivity index (χ2v) is 9.06. The fraction of sp³-hybridized carbons (Fsp3) is 0.370. The maximum Gasteiger partial charge on any atom is 0.333 e. The number of hydrogen-bond acceptors (Lipinski definition) is 6. The Bertz CT molecular complexity index is 1080. The molecule has 0 amide bonds. The van der Waals surface area contributed by atoms with Crippen LogP contribution in [-0.4, -0.2) is 18.0 Å². The number of nitrogens with zero attached hydrogens (tertiary/aromatic N) is 1. The molecule has 172 valence electrons. The summed E-state index contributed by atoms with van der Waals surface area (Å²) < 4.78 is 16.6. The van der Waals surface area contributed by atoms with Crippen LogP contribution in [0.15, 0.2) is 66.2 Å². The van der Waals surface area contributed by atoms with Crippen molar-refractivity contribution in [3.63, 3.8) is 0 Å². The first-order chi connectivity index (χ1) is 15.6. The lowest BCUT2D eigenvalue weighted by Crippen LogP contribution is -2.15. The number of carbonyl (C=O) groups is 2. The fourth-order valence-corrected chi connectivity index (χ4v) is 3.81. The lowest BCUT2D eigenvalue weighted by atomic mass is 10.1. The van der Waals surface area contributed by atoms with E-state index in [1.165, 1.54) is 0 Å². The number of para-hydroxylation sites is 1. The quantitative estimate of drug-likeness (QED) is 0.378. The Morgan fingerprint density at radius 2 is 1.70 bits per heavy atom. The Hall–Kier alpha value is -3.59. The second-order valence-electron chi connectivity index (χ2n) is 9.06. The van der Waals surface area contributed by atoms with Crippen LogP contribution in [0.5, 0.6) is 11.5 Å². The minimum absolute atomic E-state index is 0.170. The minimum atomic E-state index is -1.06. The standard InChI is InChI=1S/C27H29NO5/c1-17(2)31-25(29)18(3)14-22-24(27(22,4)5)26(30)33-23(16-28)19-10-9-13-21(15-19)32-20-11-7-6-8-12-20/h6-15,17,22-24H,1-5H3/b18-14+/t22-,23?,24+/m1/s1. The van der Waals surface area contributed by atoms with Gasteiger partial charge in [0, 0.05) is 11.1 Å². The van der Waals surface area contributed by atoms with E-state index in [1.54, 1.807) is 51.1 Å². The summed E-state index contributed by atoms with van der Waals surface area (Å²) in [6, 6.07) is 18.3. The number of allylic oxidation sites excluding steroid dienone is 1. The second kappa shape index (κ2) is 9.91. The van der Waals surface area contributed by atoms with E-state index < -0.39 is 24.0 Å². The number of ether oxygens (including phenoxy) is 3. The monoisotopic (exact) mass is 447 g/mol. The van der Waals surface area contributed by atoms with Crippen LogP contribution in [0.4, 0.5) is 0 Å². The van der Waals surface area contributed by atoms with Crippen molar-refractivity contribution in [2.45, 2.75) is 46.8 Å².